The van der Waals surface area contributed by atoms with Crippen LogP contribution in [0.25, 0.3) is 10.8 Å². The minimum atomic E-state index is -0.111. The highest BCUT2D eigenvalue weighted by Crippen LogP contribution is 2.35. The largest absolute Gasteiger partial charge is 0.338 e. The molecule has 0 radical (unpaired) electrons. The molecule has 154 valence electrons. The van der Waals surface area contributed by atoms with Gasteiger partial charge in [0, 0.05) is 30.1 Å². The lowest BCUT2D eigenvalue weighted by Crippen LogP contribution is -2.48. The molecule has 3 heterocycles. The van der Waals surface area contributed by atoms with E-state index < -0.39 is 0 Å². The molecule has 5 heteroatoms. The molecule has 5 rings (SSSR count). The van der Waals surface area contributed by atoms with Gasteiger partial charge < -0.3 is 9.80 Å². The highest BCUT2D eigenvalue weighted by atomic mass is 32.1. The molecule has 1 fully saturated rings. The van der Waals surface area contributed by atoms with E-state index >= 15 is 0 Å². The zero-order chi connectivity index (χ0) is 20.7. The maximum atomic E-state index is 13.4. The van der Waals surface area contributed by atoms with Crippen molar-refractivity contribution in [1.82, 2.24) is 9.80 Å². The molecule has 0 aliphatic carbocycles. The zero-order valence-corrected chi connectivity index (χ0v) is 18.0. The van der Waals surface area contributed by atoms with Gasteiger partial charge in [-0.15, -0.1) is 11.3 Å². The van der Waals surface area contributed by atoms with Gasteiger partial charge in [0.05, 0.1) is 12.0 Å². The molecule has 2 aromatic carbocycles. The summed E-state index contributed by atoms with van der Waals surface area (Å²) in [5, 5.41) is 4.18. The van der Waals surface area contributed by atoms with Crippen LogP contribution in [0, 0.1) is 5.92 Å². The maximum Gasteiger partial charge on any atom is 0.254 e. The summed E-state index contributed by atoms with van der Waals surface area (Å²) in [6.45, 7) is 4.14. The van der Waals surface area contributed by atoms with E-state index in [9.17, 15) is 9.59 Å². The van der Waals surface area contributed by atoms with Gasteiger partial charge in [-0.2, -0.15) is 0 Å². The Morgan fingerprint density at radius 1 is 1.03 bits per heavy atom. The molecule has 0 N–H and O–H groups in total. The molecule has 0 spiro atoms. The summed E-state index contributed by atoms with van der Waals surface area (Å²) < 4.78 is 0. The summed E-state index contributed by atoms with van der Waals surface area (Å²) in [5.41, 5.74) is 2.02. The van der Waals surface area contributed by atoms with Crippen LogP contribution in [0.3, 0.4) is 0 Å². The second kappa shape index (κ2) is 7.88. The zero-order valence-electron chi connectivity index (χ0n) is 17.2. The quantitative estimate of drug-likeness (QED) is 0.594. The van der Waals surface area contributed by atoms with Gasteiger partial charge in [-0.25, -0.2) is 0 Å². The fourth-order valence-electron chi connectivity index (χ4n) is 4.99. The van der Waals surface area contributed by atoms with Gasteiger partial charge in [-0.1, -0.05) is 36.4 Å². The highest BCUT2D eigenvalue weighted by Gasteiger charge is 2.36. The fourth-order valence-corrected chi connectivity index (χ4v) is 5.95. The number of piperidine rings is 1. The van der Waals surface area contributed by atoms with Crippen molar-refractivity contribution in [2.45, 2.75) is 32.2 Å². The third-order valence-electron chi connectivity index (χ3n) is 6.64. The number of rotatable bonds is 2. The molecular formula is C25H26N2O2S. The summed E-state index contributed by atoms with van der Waals surface area (Å²) in [6.07, 6.45) is 2.67. The van der Waals surface area contributed by atoms with Crippen LogP contribution in [-0.2, 0) is 11.2 Å². The number of carbonyl (C=O) groups excluding carboxylic acids is 2. The minimum absolute atomic E-state index is 0.0381. The number of hydrogen-bond donors (Lipinski definition) is 0. The Morgan fingerprint density at radius 2 is 1.87 bits per heavy atom. The third-order valence-corrected chi connectivity index (χ3v) is 7.63. The number of benzene rings is 2. The van der Waals surface area contributed by atoms with E-state index in [0.717, 1.165) is 48.7 Å². The second-order valence-electron chi connectivity index (χ2n) is 8.37. The number of fused-ring (bicyclic) bond motifs is 2. The van der Waals surface area contributed by atoms with E-state index in [-0.39, 0.29) is 23.8 Å². The molecule has 4 nitrogen and oxygen atoms in total. The van der Waals surface area contributed by atoms with Gasteiger partial charge >= 0.3 is 0 Å². The minimum Gasteiger partial charge on any atom is -0.338 e. The highest BCUT2D eigenvalue weighted by molar-refractivity contribution is 7.10. The summed E-state index contributed by atoms with van der Waals surface area (Å²) in [7, 11) is 0. The van der Waals surface area contributed by atoms with E-state index in [1.165, 1.54) is 10.4 Å². The predicted octanol–water partition coefficient (Wildman–Crippen LogP) is 4.90. The van der Waals surface area contributed by atoms with E-state index in [2.05, 4.69) is 18.4 Å². The van der Waals surface area contributed by atoms with Gasteiger partial charge in [0.25, 0.3) is 5.91 Å². The Bertz CT molecular complexity index is 1100. The Balaban J connectivity index is 1.35. The molecule has 0 unspecified atom stereocenters. The molecule has 2 aliphatic heterocycles. The van der Waals surface area contributed by atoms with E-state index in [0.29, 0.717) is 6.54 Å². The van der Waals surface area contributed by atoms with Crippen molar-refractivity contribution in [2.24, 2.45) is 5.92 Å². The van der Waals surface area contributed by atoms with Crippen LogP contribution in [-0.4, -0.2) is 41.2 Å². The summed E-state index contributed by atoms with van der Waals surface area (Å²) >= 11 is 1.79. The molecule has 3 aromatic rings. The average Bonchev–Trinajstić information content (AvgIpc) is 3.28. The lowest BCUT2D eigenvalue weighted by molar-refractivity contribution is -0.139. The molecule has 0 bridgehead atoms. The molecule has 0 saturated carbocycles. The monoisotopic (exact) mass is 418 g/mol. The van der Waals surface area contributed by atoms with Crippen LogP contribution in [0.5, 0.6) is 0 Å². The SMILES string of the molecule is C[C@H]1c2ccsc2CCN1C(=O)[C@@H]1CCCN(C(=O)c2cccc3ccccc23)C1. The van der Waals surface area contributed by atoms with Crippen LogP contribution in [0.15, 0.2) is 53.9 Å². The number of thiophene rings is 1. The Labute approximate surface area is 181 Å². The van der Waals surface area contributed by atoms with Gasteiger partial charge in [0.2, 0.25) is 5.91 Å². The van der Waals surface area contributed by atoms with Gasteiger partial charge in [0.1, 0.15) is 0 Å². The van der Waals surface area contributed by atoms with Crippen molar-refractivity contribution in [3.63, 3.8) is 0 Å². The third kappa shape index (κ3) is 3.31. The number of nitrogens with zero attached hydrogens (tertiary/aromatic N) is 2. The molecule has 30 heavy (non-hydrogen) atoms. The van der Waals surface area contributed by atoms with Crippen LogP contribution in [0.4, 0.5) is 0 Å². The van der Waals surface area contributed by atoms with Crippen molar-refractivity contribution in [3.8, 4) is 0 Å². The first-order chi connectivity index (χ1) is 14.6. The van der Waals surface area contributed by atoms with Crippen LogP contribution in [0.1, 0.15) is 46.6 Å². The predicted molar refractivity (Wildman–Crippen MR) is 121 cm³/mol. The van der Waals surface area contributed by atoms with E-state index in [1.54, 1.807) is 11.3 Å². The Hall–Kier alpha value is -2.66. The van der Waals surface area contributed by atoms with E-state index in [4.69, 9.17) is 0 Å². The smallest absolute Gasteiger partial charge is 0.254 e. The number of likely N-dealkylation sites (tertiary alicyclic amines) is 1. The Kier molecular flexibility index (Phi) is 5.07. The average molecular weight is 419 g/mol. The number of hydrogen-bond acceptors (Lipinski definition) is 3. The standard InChI is InChI=1S/C25H26N2O2S/c1-17-20-12-15-30-23(20)11-14-27(17)24(28)19-8-5-13-26(16-19)25(29)22-10-4-7-18-6-2-3-9-21(18)22/h2-4,6-7,9-10,12,15,17,19H,5,8,11,13-14,16H2,1H3/t17-,19+/m0/s1. The number of amides is 2. The first-order valence-corrected chi connectivity index (χ1v) is 11.6. The first-order valence-electron chi connectivity index (χ1n) is 10.8. The molecule has 2 atom stereocenters. The van der Waals surface area contributed by atoms with Gasteiger partial charge in [-0.3, -0.25) is 9.59 Å². The Morgan fingerprint density at radius 3 is 2.77 bits per heavy atom. The van der Waals surface area contributed by atoms with Crippen molar-refractivity contribution < 1.29 is 9.59 Å². The van der Waals surface area contributed by atoms with Crippen molar-refractivity contribution in [2.75, 3.05) is 19.6 Å². The normalized spacial score (nSPS) is 21.5. The molecule has 2 aliphatic rings. The van der Waals surface area contributed by atoms with Gasteiger partial charge in [-0.05, 0) is 60.0 Å². The van der Waals surface area contributed by atoms with Crippen LogP contribution >= 0.6 is 11.3 Å². The molecular weight excluding hydrogens is 392 g/mol. The maximum absolute atomic E-state index is 13.4. The van der Waals surface area contributed by atoms with Crippen molar-refractivity contribution in [3.05, 3.63) is 69.9 Å². The summed E-state index contributed by atoms with van der Waals surface area (Å²) in [6, 6.07) is 16.2. The summed E-state index contributed by atoms with van der Waals surface area (Å²) in [5.74, 6) is 0.131. The molecule has 2 amide bonds. The lowest BCUT2D eigenvalue weighted by atomic mass is 9.92. The fraction of sp³-hybridized carbons (Fsp3) is 0.360. The van der Waals surface area contributed by atoms with Crippen LogP contribution < -0.4 is 0 Å². The van der Waals surface area contributed by atoms with E-state index in [1.807, 2.05) is 52.3 Å². The second-order valence-corrected chi connectivity index (χ2v) is 9.37. The summed E-state index contributed by atoms with van der Waals surface area (Å²) in [4.78, 5) is 32.1. The van der Waals surface area contributed by atoms with Crippen LogP contribution in [0.2, 0.25) is 0 Å². The molecule has 1 aromatic heterocycles. The van der Waals surface area contributed by atoms with Gasteiger partial charge in [0.15, 0.2) is 0 Å². The molecule has 1 saturated heterocycles. The topological polar surface area (TPSA) is 40.6 Å². The van der Waals surface area contributed by atoms with Crippen molar-refractivity contribution >= 4 is 33.9 Å². The number of carbonyl (C=O) groups is 2. The van der Waals surface area contributed by atoms with Crippen molar-refractivity contribution in [1.29, 1.82) is 0 Å². The first kappa shape index (κ1) is 19.3. The lowest BCUT2D eigenvalue weighted by Gasteiger charge is -2.39.